The molecule has 1 heterocycles. The molecule has 3 aromatic rings. The predicted octanol–water partition coefficient (Wildman–Crippen LogP) is 5.06. The van der Waals surface area contributed by atoms with Crippen molar-refractivity contribution < 1.29 is 0 Å². The van der Waals surface area contributed by atoms with Gasteiger partial charge in [0.15, 0.2) is 0 Å². The number of aromatic nitrogens is 2. The van der Waals surface area contributed by atoms with Gasteiger partial charge in [-0.1, -0.05) is 24.3 Å². The number of nitrogens with zero attached hydrogens (tertiary/aromatic N) is 3. The molecular formula is C24H30IN5. The summed E-state index contributed by atoms with van der Waals surface area (Å²) in [6, 6.07) is 17.4. The Kier molecular flexibility index (Phi) is 7.04. The molecule has 1 aliphatic carbocycles. The van der Waals surface area contributed by atoms with Crippen LogP contribution in [0.5, 0.6) is 0 Å². The minimum absolute atomic E-state index is 0.452. The van der Waals surface area contributed by atoms with E-state index in [0.717, 1.165) is 41.7 Å². The second-order valence-electron chi connectivity index (χ2n) is 8.41. The van der Waals surface area contributed by atoms with E-state index in [1.807, 2.05) is 26.2 Å². The van der Waals surface area contributed by atoms with E-state index in [-0.39, 0.29) is 0 Å². The quantitative estimate of drug-likeness (QED) is 0.431. The van der Waals surface area contributed by atoms with Gasteiger partial charge in [0.05, 0.1) is 5.52 Å². The van der Waals surface area contributed by atoms with Crippen LogP contribution in [0.2, 0.25) is 0 Å². The summed E-state index contributed by atoms with van der Waals surface area (Å²) in [5, 5.41) is 8.35. The third-order valence-electron chi connectivity index (χ3n) is 5.84. The van der Waals surface area contributed by atoms with Gasteiger partial charge in [-0.05, 0) is 90.6 Å². The summed E-state index contributed by atoms with van der Waals surface area (Å²) in [5.41, 5.74) is 2.36. The average molecular weight is 515 g/mol. The SMILES string of the molecule is CN(C)c1nc(N[C@H]2CC[C@@H](CNCc3cccc(I)c3)CC2)nc2ccccc12. The van der Waals surface area contributed by atoms with Gasteiger partial charge in [0.2, 0.25) is 5.95 Å². The van der Waals surface area contributed by atoms with Gasteiger partial charge in [0.1, 0.15) is 5.82 Å². The van der Waals surface area contributed by atoms with Crippen molar-refractivity contribution in [1.29, 1.82) is 0 Å². The fraction of sp³-hybridized carbons (Fsp3) is 0.417. The van der Waals surface area contributed by atoms with Gasteiger partial charge in [-0.25, -0.2) is 4.98 Å². The lowest BCUT2D eigenvalue weighted by atomic mass is 9.86. The molecule has 6 heteroatoms. The Morgan fingerprint density at radius 3 is 2.57 bits per heavy atom. The van der Waals surface area contributed by atoms with E-state index in [1.165, 1.54) is 34.8 Å². The number of hydrogen-bond donors (Lipinski definition) is 2. The third kappa shape index (κ3) is 5.40. The number of para-hydroxylation sites is 1. The molecule has 0 spiro atoms. The van der Waals surface area contributed by atoms with Crippen LogP contribution in [0.4, 0.5) is 11.8 Å². The van der Waals surface area contributed by atoms with E-state index >= 15 is 0 Å². The van der Waals surface area contributed by atoms with Crippen molar-refractivity contribution in [3.8, 4) is 0 Å². The van der Waals surface area contributed by atoms with Crippen LogP contribution >= 0.6 is 22.6 Å². The summed E-state index contributed by atoms with van der Waals surface area (Å²) in [7, 11) is 4.07. The van der Waals surface area contributed by atoms with Gasteiger partial charge in [-0.15, -0.1) is 0 Å². The lowest BCUT2D eigenvalue weighted by Gasteiger charge is -2.29. The van der Waals surface area contributed by atoms with Crippen molar-refractivity contribution in [1.82, 2.24) is 15.3 Å². The number of nitrogens with one attached hydrogen (secondary N) is 2. The molecule has 4 rings (SSSR count). The standard InChI is InChI=1S/C24H30IN5/c1-30(2)23-21-8-3-4-9-22(21)28-24(29-23)27-20-12-10-17(11-13-20)15-26-16-18-6-5-7-19(25)14-18/h3-9,14,17,20,26H,10-13,15-16H2,1-2H3,(H,27,28,29)/t17-,20+. The molecule has 0 bridgehead atoms. The van der Waals surface area contributed by atoms with E-state index in [1.54, 1.807) is 0 Å². The summed E-state index contributed by atoms with van der Waals surface area (Å²) in [6.45, 7) is 2.04. The molecule has 1 aromatic heterocycles. The minimum Gasteiger partial charge on any atom is -0.362 e. The second-order valence-corrected chi connectivity index (χ2v) is 9.65. The zero-order valence-corrected chi connectivity index (χ0v) is 19.9. The monoisotopic (exact) mass is 515 g/mol. The first-order chi connectivity index (χ1) is 14.6. The van der Waals surface area contributed by atoms with Crippen LogP contribution in [0.15, 0.2) is 48.5 Å². The van der Waals surface area contributed by atoms with Crippen LogP contribution in [0.3, 0.4) is 0 Å². The van der Waals surface area contributed by atoms with Crippen molar-refractivity contribution >= 4 is 45.3 Å². The smallest absolute Gasteiger partial charge is 0.225 e. The van der Waals surface area contributed by atoms with Gasteiger partial charge in [-0.2, -0.15) is 4.98 Å². The van der Waals surface area contributed by atoms with Crippen molar-refractivity contribution in [3.05, 3.63) is 57.7 Å². The van der Waals surface area contributed by atoms with Crippen molar-refractivity contribution in [2.45, 2.75) is 38.3 Å². The van der Waals surface area contributed by atoms with Crippen LogP contribution in [-0.4, -0.2) is 36.6 Å². The van der Waals surface area contributed by atoms with Crippen molar-refractivity contribution in [2.24, 2.45) is 5.92 Å². The molecule has 0 amide bonds. The normalized spacial score (nSPS) is 19.0. The summed E-state index contributed by atoms with van der Waals surface area (Å²) >= 11 is 2.37. The molecule has 158 valence electrons. The topological polar surface area (TPSA) is 53.1 Å². The average Bonchev–Trinajstić information content (AvgIpc) is 2.74. The van der Waals surface area contributed by atoms with Crippen LogP contribution in [0.25, 0.3) is 10.9 Å². The maximum Gasteiger partial charge on any atom is 0.225 e. The molecular weight excluding hydrogens is 485 g/mol. The first kappa shape index (κ1) is 21.3. The molecule has 0 saturated heterocycles. The molecule has 0 unspecified atom stereocenters. The zero-order chi connectivity index (χ0) is 20.9. The molecule has 0 radical (unpaired) electrons. The fourth-order valence-electron chi connectivity index (χ4n) is 4.23. The van der Waals surface area contributed by atoms with Gasteiger partial charge in [-0.3, -0.25) is 0 Å². The van der Waals surface area contributed by atoms with Crippen LogP contribution in [-0.2, 0) is 6.54 Å². The number of hydrogen-bond acceptors (Lipinski definition) is 5. The highest BCUT2D eigenvalue weighted by Gasteiger charge is 2.22. The molecule has 2 aromatic carbocycles. The molecule has 1 fully saturated rings. The Morgan fingerprint density at radius 1 is 1.00 bits per heavy atom. The van der Waals surface area contributed by atoms with Gasteiger partial charge >= 0.3 is 0 Å². The van der Waals surface area contributed by atoms with E-state index < -0.39 is 0 Å². The first-order valence-electron chi connectivity index (χ1n) is 10.7. The highest BCUT2D eigenvalue weighted by atomic mass is 127. The van der Waals surface area contributed by atoms with Crippen LogP contribution in [0.1, 0.15) is 31.2 Å². The largest absolute Gasteiger partial charge is 0.362 e. The van der Waals surface area contributed by atoms with E-state index in [0.29, 0.717) is 6.04 Å². The molecule has 0 aliphatic heterocycles. The molecule has 30 heavy (non-hydrogen) atoms. The van der Waals surface area contributed by atoms with Crippen LogP contribution < -0.4 is 15.5 Å². The minimum atomic E-state index is 0.452. The maximum absolute atomic E-state index is 4.79. The number of halogens is 1. The lowest BCUT2D eigenvalue weighted by molar-refractivity contribution is 0.324. The summed E-state index contributed by atoms with van der Waals surface area (Å²) in [4.78, 5) is 11.6. The number of anilines is 2. The van der Waals surface area contributed by atoms with Gasteiger partial charge < -0.3 is 15.5 Å². The highest BCUT2D eigenvalue weighted by molar-refractivity contribution is 14.1. The zero-order valence-electron chi connectivity index (χ0n) is 17.7. The van der Waals surface area contributed by atoms with E-state index in [9.17, 15) is 0 Å². The summed E-state index contributed by atoms with van der Waals surface area (Å²) < 4.78 is 1.30. The number of fused-ring (bicyclic) bond motifs is 1. The number of benzene rings is 2. The Labute approximate surface area is 192 Å². The molecule has 5 nitrogen and oxygen atoms in total. The third-order valence-corrected chi connectivity index (χ3v) is 6.51. The molecule has 2 N–H and O–H groups in total. The lowest BCUT2D eigenvalue weighted by Crippen LogP contribution is -2.31. The van der Waals surface area contributed by atoms with Crippen LogP contribution in [0, 0.1) is 9.49 Å². The molecule has 0 atom stereocenters. The Morgan fingerprint density at radius 2 is 1.80 bits per heavy atom. The summed E-state index contributed by atoms with van der Waals surface area (Å²) in [6.07, 6.45) is 4.82. The van der Waals surface area contributed by atoms with E-state index in [2.05, 4.69) is 74.5 Å². The van der Waals surface area contributed by atoms with Gasteiger partial charge in [0.25, 0.3) is 0 Å². The predicted molar refractivity (Wildman–Crippen MR) is 134 cm³/mol. The maximum atomic E-state index is 4.79. The fourth-order valence-corrected chi connectivity index (χ4v) is 4.83. The molecule has 1 saturated carbocycles. The van der Waals surface area contributed by atoms with Crippen molar-refractivity contribution in [3.63, 3.8) is 0 Å². The Bertz CT molecular complexity index is 982. The second kappa shape index (κ2) is 9.92. The van der Waals surface area contributed by atoms with Gasteiger partial charge in [0, 0.05) is 35.6 Å². The first-order valence-corrected chi connectivity index (χ1v) is 11.8. The highest BCUT2D eigenvalue weighted by Crippen LogP contribution is 2.28. The Balaban J connectivity index is 1.29. The Hall–Kier alpha value is -1.93. The number of rotatable bonds is 7. The van der Waals surface area contributed by atoms with Crippen molar-refractivity contribution in [2.75, 3.05) is 30.9 Å². The van der Waals surface area contributed by atoms with E-state index in [4.69, 9.17) is 9.97 Å². The molecule has 1 aliphatic rings. The summed E-state index contributed by atoms with van der Waals surface area (Å²) in [5.74, 6) is 2.47.